The zero-order valence-electron chi connectivity index (χ0n) is 18.3. The van der Waals surface area contributed by atoms with Crippen LogP contribution in [0.5, 0.6) is 0 Å². The summed E-state index contributed by atoms with van der Waals surface area (Å²) in [6.45, 7) is 5.62. The molecule has 1 aromatic carbocycles. The number of pyridine rings is 1. The Bertz CT molecular complexity index is 1270. The molecule has 3 aromatic rings. The van der Waals surface area contributed by atoms with Crippen molar-refractivity contribution in [3.05, 3.63) is 59.7 Å². The van der Waals surface area contributed by atoms with Crippen LogP contribution in [-0.2, 0) is 10.0 Å². The maximum atomic E-state index is 12.8. The summed E-state index contributed by atoms with van der Waals surface area (Å²) in [5, 5.41) is 3.26. The number of nitrogens with zero attached hydrogens (tertiary/aromatic N) is 1. The molecule has 7 nitrogen and oxygen atoms in total. The van der Waals surface area contributed by atoms with Crippen molar-refractivity contribution in [3.8, 4) is 11.3 Å². The average Bonchev–Trinajstić information content (AvgIpc) is 3.54. The fourth-order valence-electron chi connectivity index (χ4n) is 3.70. The molecule has 32 heavy (non-hydrogen) atoms. The van der Waals surface area contributed by atoms with Gasteiger partial charge in [0.25, 0.3) is 5.91 Å². The van der Waals surface area contributed by atoms with Crippen molar-refractivity contribution in [2.75, 3.05) is 17.5 Å². The minimum absolute atomic E-state index is 0.0148. The number of furan rings is 1. The van der Waals surface area contributed by atoms with Gasteiger partial charge in [-0.15, -0.1) is 6.58 Å². The molecule has 2 heterocycles. The van der Waals surface area contributed by atoms with E-state index in [0.717, 1.165) is 29.5 Å². The zero-order valence-corrected chi connectivity index (χ0v) is 19.1. The van der Waals surface area contributed by atoms with Gasteiger partial charge in [0, 0.05) is 12.6 Å². The zero-order chi connectivity index (χ0) is 22.9. The molecule has 1 aliphatic carbocycles. The van der Waals surface area contributed by atoms with Crippen molar-refractivity contribution in [2.24, 2.45) is 0 Å². The molecule has 1 aliphatic rings. The number of anilines is 1. The van der Waals surface area contributed by atoms with Gasteiger partial charge in [-0.2, -0.15) is 4.98 Å². The van der Waals surface area contributed by atoms with Gasteiger partial charge in [-0.3, -0.25) is 9.52 Å². The first-order valence-electron chi connectivity index (χ1n) is 10.7. The molecule has 1 saturated carbocycles. The highest BCUT2D eigenvalue weighted by Gasteiger charge is 2.31. The van der Waals surface area contributed by atoms with Crippen LogP contribution in [0.1, 0.15) is 53.1 Å². The van der Waals surface area contributed by atoms with Gasteiger partial charge in [-0.1, -0.05) is 35.9 Å². The van der Waals surface area contributed by atoms with E-state index in [4.69, 9.17) is 4.42 Å². The summed E-state index contributed by atoms with van der Waals surface area (Å²) < 4.78 is 33.9. The Morgan fingerprint density at radius 1 is 1.28 bits per heavy atom. The minimum Gasteiger partial charge on any atom is -0.437 e. The van der Waals surface area contributed by atoms with Crippen molar-refractivity contribution in [1.29, 1.82) is 0 Å². The minimum atomic E-state index is -3.57. The number of hydrogen-bond donors (Lipinski definition) is 2. The summed E-state index contributed by atoms with van der Waals surface area (Å²) in [4.78, 5) is 17.3. The van der Waals surface area contributed by atoms with Crippen LogP contribution in [0, 0.1) is 6.92 Å². The van der Waals surface area contributed by atoms with Gasteiger partial charge in [-0.25, -0.2) is 8.42 Å². The Balaban J connectivity index is 1.83. The summed E-state index contributed by atoms with van der Waals surface area (Å²) in [5.74, 6) is 0.624. The number of hydrogen-bond acceptors (Lipinski definition) is 5. The number of carbonyl (C=O) groups excluding carboxylic acids is 1. The van der Waals surface area contributed by atoms with Crippen LogP contribution >= 0.6 is 0 Å². The van der Waals surface area contributed by atoms with Crippen LogP contribution < -0.4 is 10.0 Å². The predicted molar refractivity (Wildman–Crippen MR) is 126 cm³/mol. The second-order valence-corrected chi connectivity index (χ2v) is 10.00. The second-order valence-electron chi connectivity index (χ2n) is 8.16. The average molecular weight is 454 g/mol. The first-order chi connectivity index (χ1) is 15.3. The van der Waals surface area contributed by atoms with Crippen molar-refractivity contribution < 1.29 is 17.6 Å². The molecular weight excluding hydrogens is 426 g/mol. The first kappa shape index (κ1) is 22.1. The summed E-state index contributed by atoms with van der Waals surface area (Å²) >= 11 is 0. The van der Waals surface area contributed by atoms with Gasteiger partial charge in [0.2, 0.25) is 15.7 Å². The number of unbranched alkanes of at least 4 members (excludes halogenated alkanes) is 1. The summed E-state index contributed by atoms with van der Waals surface area (Å²) in [5.41, 5.74) is 3.28. The molecule has 1 fully saturated rings. The molecular formula is C24H27N3O4S. The third kappa shape index (κ3) is 4.55. The number of rotatable bonds is 9. The van der Waals surface area contributed by atoms with Gasteiger partial charge < -0.3 is 9.73 Å². The van der Waals surface area contributed by atoms with Gasteiger partial charge in [0.05, 0.1) is 16.7 Å². The topological polar surface area (TPSA) is 101 Å². The van der Waals surface area contributed by atoms with Crippen LogP contribution in [0.3, 0.4) is 0 Å². The number of allylic oxidation sites excluding steroid dienone is 1. The SMILES string of the molecule is C=CCCCS(=O)(=O)Nc1nc2oc(-c3ccc(C)cc3)c(C(=O)NC)c2cc1C1CC1. The van der Waals surface area contributed by atoms with E-state index in [-0.39, 0.29) is 29.1 Å². The van der Waals surface area contributed by atoms with Crippen molar-refractivity contribution in [1.82, 2.24) is 10.3 Å². The molecule has 2 N–H and O–H groups in total. The normalized spacial score (nSPS) is 13.8. The Labute approximate surface area is 188 Å². The van der Waals surface area contributed by atoms with Crippen LogP contribution in [0.2, 0.25) is 0 Å². The fraction of sp³-hybridized carbons (Fsp3) is 0.333. The number of nitrogens with one attached hydrogen (secondary N) is 2. The highest BCUT2D eigenvalue weighted by molar-refractivity contribution is 7.92. The van der Waals surface area contributed by atoms with E-state index in [1.54, 1.807) is 13.1 Å². The number of carbonyl (C=O) groups is 1. The van der Waals surface area contributed by atoms with E-state index in [9.17, 15) is 13.2 Å². The molecule has 8 heteroatoms. The molecule has 0 atom stereocenters. The number of sulfonamides is 1. The lowest BCUT2D eigenvalue weighted by atomic mass is 10.0. The van der Waals surface area contributed by atoms with E-state index in [1.807, 2.05) is 37.3 Å². The summed E-state index contributed by atoms with van der Waals surface area (Å²) in [7, 11) is -2.00. The monoisotopic (exact) mass is 453 g/mol. The number of amides is 1. The standard InChI is InChI=1S/C24H27N3O4S/c1-4-5-6-13-32(29,30)27-22-18(16-11-12-16)14-19-20(23(28)25-3)21(31-24(19)26-22)17-9-7-15(2)8-10-17/h4,7-10,14,16H,1,5-6,11-13H2,2-3H3,(H,25,28)(H,26,27). The van der Waals surface area contributed by atoms with Crippen molar-refractivity contribution in [3.63, 3.8) is 0 Å². The number of fused-ring (bicyclic) bond motifs is 1. The molecule has 0 aliphatic heterocycles. The van der Waals surface area contributed by atoms with E-state index < -0.39 is 10.0 Å². The molecule has 4 rings (SSSR count). The number of benzene rings is 1. The quantitative estimate of drug-likeness (QED) is 0.360. The fourth-order valence-corrected chi connectivity index (χ4v) is 4.81. The maximum absolute atomic E-state index is 12.8. The third-order valence-corrected chi connectivity index (χ3v) is 6.90. The van der Waals surface area contributed by atoms with Crippen LogP contribution in [0.4, 0.5) is 5.82 Å². The Kier molecular flexibility index (Phi) is 6.06. The Hall–Kier alpha value is -3.13. The molecule has 0 radical (unpaired) electrons. The second kappa shape index (κ2) is 8.78. The lowest BCUT2D eigenvalue weighted by Gasteiger charge is -2.11. The number of aryl methyl sites for hydroxylation is 1. The molecule has 0 saturated heterocycles. The largest absolute Gasteiger partial charge is 0.437 e. The van der Waals surface area contributed by atoms with Crippen LogP contribution in [0.15, 0.2) is 47.4 Å². The van der Waals surface area contributed by atoms with Gasteiger partial charge >= 0.3 is 0 Å². The molecule has 0 bridgehead atoms. The summed E-state index contributed by atoms with van der Waals surface area (Å²) in [6.07, 6.45) is 4.72. The first-order valence-corrected chi connectivity index (χ1v) is 12.4. The molecule has 168 valence electrons. The molecule has 1 amide bonds. The predicted octanol–water partition coefficient (Wildman–Crippen LogP) is 4.75. The van der Waals surface area contributed by atoms with E-state index in [2.05, 4.69) is 21.6 Å². The van der Waals surface area contributed by atoms with E-state index in [0.29, 0.717) is 29.6 Å². The van der Waals surface area contributed by atoms with Crippen molar-refractivity contribution >= 4 is 32.8 Å². The maximum Gasteiger partial charge on any atom is 0.255 e. The van der Waals surface area contributed by atoms with Gasteiger partial charge in [-0.05, 0) is 50.2 Å². The van der Waals surface area contributed by atoms with Crippen LogP contribution in [0.25, 0.3) is 22.4 Å². The van der Waals surface area contributed by atoms with E-state index in [1.165, 1.54) is 0 Å². The third-order valence-electron chi connectivity index (χ3n) is 5.57. The van der Waals surface area contributed by atoms with Gasteiger partial charge in [0.1, 0.15) is 11.6 Å². The Morgan fingerprint density at radius 2 is 2.00 bits per heavy atom. The number of aromatic nitrogens is 1. The smallest absolute Gasteiger partial charge is 0.255 e. The van der Waals surface area contributed by atoms with E-state index >= 15 is 0 Å². The lowest BCUT2D eigenvalue weighted by molar-refractivity contribution is 0.0964. The lowest BCUT2D eigenvalue weighted by Crippen LogP contribution is -2.19. The summed E-state index contributed by atoms with van der Waals surface area (Å²) in [6, 6.07) is 9.53. The highest BCUT2D eigenvalue weighted by Crippen LogP contribution is 2.45. The Morgan fingerprint density at radius 3 is 2.62 bits per heavy atom. The van der Waals surface area contributed by atoms with Crippen molar-refractivity contribution in [2.45, 2.75) is 38.5 Å². The molecule has 0 unspecified atom stereocenters. The van der Waals surface area contributed by atoms with Gasteiger partial charge in [0.15, 0.2) is 0 Å². The highest BCUT2D eigenvalue weighted by atomic mass is 32.2. The molecule has 0 spiro atoms. The molecule has 2 aromatic heterocycles. The van der Waals surface area contributed by atoms with Crippen LogP contribution in [-0.4, -0.2) is 32.1 Å².